The number of halogens is 5. The summed E-state index contributed by atoms with van der Waals surface area (Å²) >= 11 is 11.2. The molecule has 12 heteroatoms. The zero-order valence-electron chi connectivity index (χ0n) is 12.8. The highest BCUT2D eigenvalue weighted by Gasteiger charge is 2.34. The van der Waals surface area contributed by atoms with Crippen molar-refractivity contribution in [3.63, 3.8) is 0 Å². The Bertz CT molecular complexity index is 1070. The zero-order valence-corrected chi connectivity index (χ0v) is 15.9. The van der Waals surface area contributed by atoms with Crippen molar-refractivity contribution in [2.45, 2.75) is 16.0 Å². The lowest BCUT2D eigenvalue weighted by molar-refractivity contribution is -0.137. The molecule has 0 aliphatic rings. The smallest absolute Gasteiger partial charge is 0.278 e. The number of hydrogen-bond donors (Lipinski definition) is 1. The van der Waals surface area contributed by atoms with Gasteiger partial charge in [0.2, 0.25) is 0 Å². The van der Waals surface area contributed by atoms with Gasteiger partial charge in [-0.05, 0) is 36.4 Å². The van der Waals surface area contributed by atoms with Gasteiger partial charge < -0.3 is 0 Å². The first kappa shape index (κ1) is 20.8. The summed E-state index contributed by atoms with van der Waals surface area (Å²) < 4.78 is 89.1. The van der Waals surface area contributed by atoms with Crippen LogP contribution in [0.3, 0.4) is 0 Å². The van der Waals surface area contributed by atoms with Gasteiger partial charge in [0.15, 0.2) is 9.84 Å². The third-order valence-corrected chi connectivity index (χ3v) is 6.22. The van der Waals surface area contributed by atoms with Crippen LogP contribution in [0.1, 0.15) is 5.56 Å². The second-order valence-electron chi connectivity index (χ2n) is 5.16. The molecular formula is C14H10Cl2F3NO4S2. The third kappa shape index (κ3) is 4.61. The molecule has 0 fully saturated rings. The van der Waals surface area contributed by atoms with Crippen LogP contribution >= 0.6 is 23.2 Å². The standard InChI is InChI=1S/C14H10Cl2F3NO4S2/c1-25(21,22)13-5-2-8(15)6-12(13)20-26(23,24)9-3-4-11(16)10(7-9)14(17,18)19/h2-7,20H,1H3. The molecule has 0 heterocycles. The molecule has 1 N–H and O–H groups in total. The Morgan fingerprint density at radius 2 is 1.58 bits per heavy atom. The van der Waals surface area contributed by atoms with Crippen LogP contribution in [0.5, 0.6) is 0 Å². The van der Waals surface area contributed by atoms with E-state index in [1.807, 2.05) is 4.72 Å². The van der Waals surface area contributed by atoms with Crippen LogP contribution in [0.15, 0.2) is 46.2 Å². The maximum atomic E-state index is 12.9. The maximum absolute atomic E-state index is 12.9. The Morgan fingerprint density at radius 3 is 2.12 bits per heavy atom. The maximum Gasteiger partial charge on any atom is 0.417 e. The first-order chi connectivity index (χ1) is 11.7. The van der Waals surface area contributed by atoms with Gasteiger partial charge in [-0.1, -0.05) is 23.2 Å². The number of benzene rings is 2. The van der Waals surface area contributed by atoms with Crippen molar-refractivity contribution >= 4 is 48.7 Å². The lowest BCUT2D eigenvalue weighted by Gasteiger charge is -2.14. The first-order valence-electron chi connectivity index (χ1n) is 6.61. The molecular weight excluding hydrogens is 438 g/mol. The van der Waals surface area contributed by atoms with Crippen LogP contribution in [0.25, 0.3) is 0 Å². The van der Waals surface area contributed by atoms with E-state index < -0.39 is 41.5 Å². The van der Waals surface area contributed by atoms with Gasteiger partial charge in [0.05, 0.1) is 26.1 Å². The Kier molecular flexibility index (Phi) is 5.54. The zero-order chi connectivity index (χ0) is 19.9. The molecule has 0 amide bonds. The highest BCUT2D eigenvalue weighted by molar-refractivity contribution is 7.93. The first-order valence-corrected chi connectivity index (χ1v) is 10.7. The molecule has 0 saturated carbocycles. The van der Waals surface area contributed by atoms with E-state index in [9.17, 15) is 30.0 Å². The topological polar surface area (TPSA) is 80.3 Å². The molecule has 0 aliphatic heterocycles. The van der Waals surface area contributed by atoms with Crippen LogP contribution in [0.2, 0.25) is 10.0 Å². The molecule has 0 saturated heterocycles. The minimum Gasteiger partial charge on any atom is -0.278 e. The second-order valence-corrected chi connectivity index (χ2v) is 9.67. The minimum absolute atomic E-state index is 0.0298. The van der Waals surface area contributed by atoms with Crippen molar-refractivity contribution in [1.82, 2.24) is 0 Å². The van der Waals surface area contributed by atoms with Gasteiger partial charge in [-0.15, -0.1) is 0 Å². The molecule has 2 rings (SSSR count). The molecule has 5 nitrogen and oxygen atoms in total. The van der Waals surface area contributed by atoms with Gasteiger partial charge in [-0.2, -0.15) is 13.2 Å². The van der Waals surface area contributed by atoms with E-state index in [1.54, 1.807) is 0 Å². The van der Waals surface area contributed by atoms with Gasteiger partial charge in [0, 0.05) is 11.3 Å². The average Bonchev–Trinajstić information content (AvgIpc) is 2.44. The van der Waals surface area contributed by atoms with E-state index in [-0.39, 0.29) is 15.6 Å². The fraction of sp³-hybridized carbons (Fsp3) is 0.143. The molecule has 0 radical (unpaired) electrons. The Balaban J connectivity index is 2.57. The Hall–Kier alpha value is -1.49. The van der Waals surface area contributed by atoms with Crippen LogP contribution in [-0.4, -0.2) is 23.1 Å². The highest BCUT2D eigenvalue weighted by atomic mass is 35.5. The summed E-state index contributed by atoms with van der Waals surface area (Å²) in [6.07, 6.45) is -4.02. The van der Waals surface area contributed by atoms with Gasteiger partial charge in [-0.3, -0.25) is 4.72 Å². The van der Waals surface area contributed by atoms with E-state index >= 15 is 0 Å². The molecule has 0 aromatic heterocycles. The molecule has 0 unspecified atom stereocenters. The van der Waals surface area contributed by atoms with Crippen LogP contribution in [0, 0.1) is 0 Å². The van der Waals surface area contributed by atoms with Crippen LogP contribution in [-0.2, 0) is 26.0 Å². The summed E-state index contributed by atoms with van der Waals surface area (Å²) in [5, 5.41) is -0.641. The lowest BCUT2D eigenvalue weighted by Crippen LogP contribution is -2.16. The van der Waals surface area contributed by atoms with Crippen LogP contribution < -0.4 is 4.72 Å². The van der Waals surface area contributed by atoms with Gasteiger partial charge >= 0.3 is 6.18 Å². The summed E-state index contributed by atoms with van der Waals surface area (Å²) in [5.41, 5.74) is -1.72. The Labute approximate surface area is 157 Å². The van der Waals surface area contributed by atoms with Crippen molar-refractivity contribution in [2.24, 2.45) is 0 Å². The number of anilines is 1. The normalized spacial score (nSPS) is 12.8. The fourth-order valence-electron chi connectivity index (χ4n) is 2.00. The van der Waals surface area contributed by atoms with E-state index in [2.05, 4.69) is 0 Å². The number of sulfonamides is 1. The van der Waals surface area contributed by atoms with E-state index in [1.165, 1.54) is 6.07 Å². The van der Waals surface area contributed by atoms with Crippen molar-refractivity contribution in [1.29, 1.82) is 0 Å². The summed E-state index contributed by atoms with van der Waals surface area (Å²) in [4.78, 5) is -1.12. The van der Waals surface area contributed by atoms with Crippen molar-refractivity contribution < 1.29 is 30.0 Å². The summed E-state index contributed by atoms with van der Waals surface area (Å²) in [6.45, 7) is 0. The van der Waals surface area contributed by atoms with Crippen molar-refractivity contribution in [3.05, 3.63) is 52.0 Å². The predicted molar refractivity (Wildman–Crippen MR) is 91.8 cm³/mol. The SMILES string of the molecule is CS(=O)(=O)c1ccc(Cl)cc1NS(=O)(=O)c1ccc(Cl)c(C(F)(F)F)c1. The minimum atomic E-state index is -4.86. The Morgan fingerprint density at radius 1 is 0.962 bits per heavy atom. The van der Waals surface area contributed by atoms with Crippen molar-refractivity contribution in [2.75, 3.05) is 11.0 Å². The molecule has 2 aromatic carbocycles. The predicted octanol–water partition coefficient (Wildman–Crippen LogP) is 4.22. The monoisotopic (exact) mass is 447 g/mol. The molecule has 0 aliphatic carbocycles. The third-order valence-electron chi connectivity index (χ3n) is 3.14. The van der Waals surface area contributed by atoms with Gasteiger partial charge in [0.25, 0.3) is 10.0 Å². The van der Waals surface area contributed by atoms with Crippen molar-refractivity contribution in [3.8, 4) is 0 Å². The molecule has 142 valence electrons. The number of hydrogen-bond acceptors (Lipinski definition) is 4. The number of rotatable bonds is 4. The highest BCUT2D eigenvalue weighted by Crippen LogP contribution is 2.36. The van der Waals surface area contributed by atoms with E-state index in [4.69, 9.17) is 23.2 Å². The largest absolute Gasteiger partial charge is 0.417 e. The van der Waals surface area contributed by atoms with E-state index in [0.717, 1.165) is 30.5 Å². The number of alkyl halides is 3. The second kappa shape index (κ2) is 6.91. The van der Waals surface area contributed by atoms with Crippen LogP contribution in [0.4, 0.5) is 18.9 Å². The van der Waals surface area contributed by atoms with Gasteiger partial charge in [0.1, 0.15) is 0 Å². The number of sulfone groups is 1. The molecule has 0 bridgehead atoms. The van der Waals surface area contributed by atoms with Gasteiger partial charge in [-0.25, -0.2) is 16.8 Å². The summed E-state index contributed by atoms with van der Waals surface area (Å²) in [7, 11) is -8.37. The molecule has 0 atom stereocenters. The molecule has 0 spiro atoms. The fourth-order valence-corrected chi connectivity index (χ4v) is 4.38. The average molecular weight is 448 g/mol. The quantitative estimate of drug-likeness (QED) is 0.760. The molecule has 2 aromatic rings. The van der Waals surface area contributed by atoms with E-state index in [0.29, 0.717) is 6.07 Å². The number of nitrogens with one attached hydrogen (secondary N) is 1. The lowest BCUT2D eigenvalue weighted by atomic mass is 10.2. The summed E-state index contributed by atoms with van der Waals surface area (Å²) in [6, 6.07) is 5.36. The summed E-state index contributed by atoms with van der Waals surface area (Å²) in [5.74, 6) is 0. The molecule has 26 heavy (non-hydrogen) atoms.